The molecule has 0 aliphatic carbocycles. The second kappa shape index (κ2) is 4.41. The smallest absolute Gasteiger partial charge is 0.129 e. The first-order chi connectivity index (χ1) is 8.09. The standard InChI is InChI=1S/C13H12F2N2/c14-10-4-2-5-11(15)9(10)7-8-3-1-6-12(16)13(8)17/h1-6H,7,16-17H2. The molecular formula is C13H12F2N2. The lowest BCUT2D eigenvalue weighted by Gasteiger charge is -2.09. The maximum atomic E-state index is 13.5. The van der Waals surface area contributed by atoms with Crippen LogP contribution in [0.1, 0.15) is 11.1 Å². The van der Waals surface area contributed by atoms with E-state index in [4.69, 9.17) is 11.5 Å². The Bertz CT molecular complexity index is 533. The molecule has 0 fully saturated rings. The average molecular weight is 234 g/mol. The number of benzene rings is 2. The molecule has 4 N–H and O–H groups in total. The van der Waals surface area contributed by atoms with Gasteiger partial charge in [0.05, 0.1) is 11.4 Å². The van der Waals surface area contributed by atoms with Gasteiger partial charge in [0.1, 0.15) is 11.6 Å². The number of nitrogens with two attached hydrogens (primary N) is 2. The monoisotopic (exact) mass is 234 g/mol. The molecule has 0 saturated heterocycles. The summed E-state index contributed by atoms with van der Waals surface area (Å²) >= 11 is 0. The van der Waals surface area contributed by atoms with Crippen LogP contribution in [0.15, 0.2) is 36.4 Å². The molecule has 0 heterocycles. The van der Waals surface area contributed by atoms with E-state index in [0.717, 1.165) is 0 Å². The summed E-state index contributed by atoms with van der Waals surface area (Å²) in [5.74, 6) is -1.15. The van der Waals surface area contributed by atoms with Gasteiger partial charge < -0.3 is 11.5 Å². The predicted octanol–water partition coefficient (Wildman–Crippen LogP) is 2.72. The van der Waals surface area contributed by atoms with Crippen LogP contribution in [0.25, 0.3) is 0 Å². The molecule has 0 radical (unpaired) electrons. The molecule has 17 heavy (non-hydrogen) atoms. The van der Waals surface area contributed by atoms with E-state index in [1.54, 1.807) is 18.2 Å². The van der Waals surface area contributed by atoms with Crippen molar-refractivity contribution in [2.75, 3.05) is 11.5 Å². The summed E-state index contributed by atoms with van der Waals surface area (Å²) in [6.07, 6.45) is 0.0926. The highest BCUT2D eigenvalue weighted by atomic mass is 19.1. The van der Waals surface area contributed by atoms with Gasteiger partial charge in [-0.3, -0.25) is 0 Å². The van der Waals surface area contributed by atoms with Gasteiger partial charge in [-0.05, 0) is 23.8 Å². The van der Waals surface area contributed by atoms with Crippen LogP contribution >= 0.6 is 0 Å². The van der Waals surface area contributed by atoms with Gasteiger partial charge in [0.15, 0.2) is 0 Å². The summed E-state index contributed by atoms with van der Waals surface area (Å²) in [7, 11) is 0. The first-order valence-corrected chi connectivity index (χ1v) is 5.15. The van der Waals surface area contributed by atoms with Crippen LogP contribution in [0.4, 0.5) is 20.2 Å². The molecule has 88 valence electrons. The second-order valence-corrected chi connectivity index (χ2v) is 3.80. The molecule has 0 aliphatic heterocycles. The van der Waals surface area contributed by atoms with E-state index in [9.17, 15) is 8.78 Å². The van der Waals surface area contributed by atoms with Gasteiger partial charge in [-0.2, -0.15) is 0 Å². The topological polar surface area (TPSA) is 52.0 Å². The maximum Gasteiger partial charge on any atom is 0.129 e. The lowest BCUT2D eigenvalue weighted by molar-refractivity contribution is 0.561. The molecule has 0 saturated carbocycles. The third-order valence-electron chi connectivity index (χ3n) is 2.66. The highest BCUT2D eigenvalue weighted by Gasteiger charge is 2.11. The fraction of sp³-hybridized carbons (Fsp3) is 0.0769. The Labute approximate surface area is 97.9 Å². The minimum Gasteiger partial charge on any atom is -0.397 e. The van der Waals surface area contributed by atoms with Crippen LogP contribution in [-0.2, 0) is 6.42 Å². The van der Waals surface area contributed by atoms with E-state index in [0.29, 0.717) is 16.9 Å². The van der Waals surface area contributed by atoms with Gasteiger partial charge in [0.2, 0.25) is 0 Å². The van der Waals surface area contributed by atoms with Crippen LogP contribution in [-0.4, -0.2) is 0 Å². The first-order valence-electron chi connectivity index (χ1n) is 5.15. The molecule has 0 amide bonds. The lowest BCUT2D eigenvalue weighted by atomic mass is 10.0. The third kappa shape index (κ3) is 2.20. The quantitative estimate of drug-likeness (QED) is 0.785. The van der Waals surface area contributed by atoms with E-state index in [1.165, 1.54) is 18.2 Å². The fourth-order valence-electron chi connectivity index (χ4n) is 1.68. The Morgan fingerprint density at radius 3 is 2.12 bits per heavy atom. The van der Waals surface area contributed by atoms with E-state index in [1.807, 2.05) is 0 Å². The van der Waals surface area contributed by atoms with Crippen molar-refractivity contribution in [3.8, 4) is 0 Å². The zero-order valence-electron chi connectivity index (χ0n) is 9.08. The van der Waals surface area contributed by atoms with Crippen molar-refractivity contribution >= 4 is 11.4 Å². The average Bonchev–Trinajstić information content (AvgIpc) is 2.29. The third-order valence-corrected chi connectivity index (χ3v) is 2.66. The Balaban J connectivity index is 2.42. The first kappa shape index (κ1) is 11.4. The number of para-hydroxylation sites is 1. The van der Waals surface area contributed by atoms with Crippen molar-refractivity contribution in [1.29, 1.82) is 0 Å². The number of hydrogen-bond donors (Lipinski definition) is 2. The molecule has 0 unspecified atom stereocenters. The minimum absolute atomic E-state index is 0.00444. The molecule has 2 aromatic carbocycles. The number of halogens is 2. The molecule has 2 rings (SSSR count). The van der Waals surface area contributed by atoms with Crippen molar-refractivity contribution in [3.63, 3.8) is 0 Å². The Kier molecular flexibility index (Phi) is 2.95. The van der Waals surface area contributed by atoms with E-state index < -0.39 is 11.6 Å². The molecule has 0 spiro atoms. The molecule has 4 heteroatoms. The summed E-state index contributed by atoms with van der Waals surface area (Å²) in [6, 6.07) is 8.84. The van der Waals surface area contributed by atoms with E-state index in [2.05, 4.69) is 0 Å². The van der Waals surface area contributed by atoms with Crippen molar-refractivity contribution in [2.24, 2.45) is 0 Å². The molecular weight excluding hydrogens is 222 g/mol. The van der Waals surface area contributed by atoms with Gasteiger partial charge in [-0.25, -0.2) is 8.78 Å². The summed E-state index contributed by atoms with van der Waals surface area (Å²) in [5.41, 5.74) is 12.8. The van der Waals surface area contributed by atoms with Gasteiger partial charge in [-0.1, -0.05) is 18.2 Å². The van der Waals surface area contributed by atoms with E-state index >= 15 is 0 Å². The fourth-order valence-corrected chi connectivity index (χ4v) is 1.68. The summed E-state index contributed by atoms with van der Waals surface area (Å²) in [5, 5.41) is 0. The van der Waals surface area contributed by atoms with Gasteiger partial charge in [0.25, 0.3) is 0 Å². The maximum absolute atomic E-state index is 13.5. The molecule has 2 nitrogen and oxygen atoms in total. The number of anilines is 2. The van der Waals surface area contributed by atoms with Crippen LogP contribution in [0.2, 0.25) is 0 Å². The van der Waals surface area contributed by atoms with Crippen LogP contribution in [0.5, 0.6) is 0 Å². The van der Waals surface area contributed by atoms with Crippen LogP contribution in [0.3, 0.4) is 0 Å². The summed E-state index contributed by atoms with van der Waals surface area (Å²) in [6.45, 7) is 0. The normalized spacial score (nSPS) is 10.5. The predicted molar refractivity (Wildman–Crippen MR) is 64.4 cm³/mol. The SMILES string of the molecule is Nc1cccc(Cc2c(F)cccc2F)c1N. The van der Waals surface area contributed by atoms with Gasteiger partial charge in [0, 0.05) is 12.0 Å². The molecule has 0 aromatic heterocycles. The van der Waals surface area contributed by atoms with Crippen molar-refractivity contribution in [1.82, 2.24) is 0 Å². The number of rotatable bonds is 2. The zero-order valence-corrected chi connectivity index (χ0v) is 9.08. The summed E-state index contributed by atoms with van der Waals surface area (Å²) < 4.78 is 26.9. The van der Waals surface area contributed by atoms with Crippen molar-refractivity contribution in [2.45, 2.75) is 6.42 Å². The highest BCUT2D eigenvalue weighted by molar-refractivity contribution is 5.67. The molecule has 0 aliphatic rings. The van der Waals surface area contributed by atoms with Gasteiger partial charge in [-0.15, -0.1) is 0 Å². The van der Waals surface area contributed by atoms with Crippen molar-refractivity contribution < 1.29 is 8.78 Å². The number of hydrogen-bond acceptors (Lipinski definition) is 2. The second-order valence-electron chi connectivity index (χ2n) is 3.80. The van der Waals surface area contributed by atoms with E-state index in [-0.39, 0.29) is 12.0 Å². The highest BCUT2D eigenvalue weighted by Crippen LogP contribution is 2.24. The minimum atomic E-state index is -0.577. The molecule has 2 aromatic rings. The number of nitrogen functional groups attached to an aromatic ring is 2. The van der Waals surface area contributed by atoms with Crippen LogP contribution < -0.4 is 11.5 Å². The van der Waals surface area contributed by atoms with Gasteiger partial charge >= 0.3 is 0 Å². The van der Waals surface area contributed by atoms with Crippen molar-refractivity contribution in [3.05, 3.63) is 59.2 Å². The largest absolute Gasteiger partial charge is 0.397 e. The Morgan fingerprint density at radius 1 is 0.882 bits per heavy atom. The summed E-state index contributed by atoms with van der Waals surface area (Å²) in [4.78, 5) is 0. The Morgan fingerprint density at radius 2 is 1.47 bits per heavy atom. The lowest BCUT2D eigenvalue weighted by Crippen LogP contribution is -2.03. The zero-order chi connectivity index (χ0) is 12.4. The Hall–Kier alpha value is -2.10. The molecule has 0 atom stereocenters. The molecule has 0 bridgehead atoms. The van der Waals surface area contributed by atoms with Crippen LogP contribution in [0, 0.1) is 11.6 Å².